The van der Waals surface area contributed by atoms with E-state index in [-0.39, 0.29) is 12.7 Å². The first-order valence-electron chi connectivity index (χ1n) is 9.82. The second-order valence-electron chi connectivity index (χ2n) is 7.06. The van der Waals surface area contributed by atoms with Crippen LogP contribution in [0.2, 0.25) is 10.0 Å². The Balaban J connectivity index is 1.49. The van der Waals surface area contributed by atoms with Crippen molar-refractivity contribution >= 4 is 28.9 Å². The van der Waals surface area contributed by atoms with E-state index in [0.717, 1.165) is 30.8 Å². The minimum atomic E-state index is -0.00146. The second kappa shape index (κ2) is 9.56. The highest BCUT2D eigenvalue weighted by Gasteiger charge is 2.26. The van der Waals surface area contributed by atoms with Crippen molar-refractivity contribution in [3.63, 3.8) is 0 Å². The lowest BCUT2D eigenvalue weighted by Gasteiger charge is -2.23. The van der Waals surface area contributed by atoms with Gasteiger partial charge in [-0.05, 0) is 54.4 Å². The van der Waals surface area contributed by atoms with Crippen LogP contribution in [0.4, 0.5) is 5.69 Å². The summed E-state index contributed by atoms with van der Waals surface area (Å²) in [7, 11) is 0. The molecule has 1 atom stereocenters. The molecule has 1 saturated heterocycles. The summed E-state index contributed by atoms with van der Waals surface area (Å²) in [6.07, 6.45) is 3.07. The standard InChI is InChI=1S/C23H22Cl2N2O3/c24-19-4-1-2-6-22(19)29-17-7-8-21(16(14-17)10-13-28)27-12-9-18(15-27)30-23-20(25)5-3-11-26-23/h1-8,11,14,18,28H,9-10,12-13,15H2/t18-/m0/s1. The molecule has 5 nitrogen and oxygen atoms in total. The van der Waals surface area contributed by atoms with Gasteiger partial charge in [0.25, 0.3) is 0 Å². The summed E-state index contributed by atoms with van der Waals surface area (Å²) in [5, 5.41) is 10.6. The smallest absolute Gasteiger partial charge is 0.232 e. The maximum atomic E-state index is 9.56. The number of halogens is 2. The molecule has 0 saturated carbocycles. The molecule has 7 heteroatoms. The number of anilines is 1. The average Bonchev–Trinajstić information content (AvgIpc) is 3.20. The average molecular weight is 445 g/mol. The maximum Gasteiger partial charge on any atom is 0.232 e. The third kappa shape index (κ3) is 4.81. The van der Waals surface area contributed by atoms with Gasteiger partial charge in [-0.3, -0.25) is 0 Å². The van der Waals surface area contributed by atoms with Crippen LogP contribution in [-0.2, 0) is 6.42 Å². The minimum absolute atomic E-state index is 0.00146. The Kier molecular flexibility index (Phi) is 6.62. The summed E-state index contributed by atoms with van der Waals surface area (Å²) in [6, 6.07) is 16.8. The Morgan fingerprint density at radius 1 is 1.07 bits per heavy atom. The zero-order valence-corrected chi connectivity index (χ0v) is 17.8. The highest BCUT2D eigenvalue weighted by Crippen LogP contribution is 2.34. The zero-order chi connectivity index (χ0) is 20.9. The van der Waals surface area contributed by atoms with Crippen LogP contribution >= 0.6 is 23.2 Å². The normalized spacial score (nSPS) is 16.0. The number of aliphatic hydroxyl groups is 1. The third-order valence-electron chi connectivity index (χ3n) is 4.99. The number of hydrogen-bond acceptors (Lipinski definition) is 5. The SMILES string of the molecule is OCCc1cc(Oc2ccccc2Cl)ccc1N1CC[C@H](Oc2ncccc2Cl)C1. The van der Waals surface area contributed by atoms with Crippen molar-refractivity contribution in [1.29, 1.82) is 0 Å². The van der Waals surface area contributed by atoms with Crippen molar-refractivity contribution in [2.24, 2.45) is 0 Å². The van der Waals surface area contributed by atoms with E-state index in [0.29, 0.717) is 33.8 Å². The van der Waals surface area contributed by atoms with Gasteiger partial charge in [-0.15, -0.1) is 0 Å². The Morgan fingerprint density at radius 2 is 1.90 bits per heavy atom. The molecule has 1 aromatic heterocycles. The van der Waals surface area contributed by atoms with Crippen LogP contribution in [0, 0.1) is 0 Å². The van der Waals surface area contributed by atoms with Crippen molar-refractivity contribution in [2.45, 2.75) is 18.9 Å². The third-order valence-corrected chi connectivity index (χ3v) is 5.59. The lowest BCUT2D eigenvalue weighted by atomic mass is 10.1. The molecular weight excluding hydrogens is 423 g/mol. The molecule has 156 valence electrons. The van der Waals surface area contributed by atoms with Crippen LogP contribution in [0.1, 0.15) is 12.0 Å². The molecule has 3 aromatic rings. The summed E-state index contributed by atoms with van der Waals surface area (Å²) in [6.45, 7) is 1.62. The van der Waals surface area contributed by atoms with E-state index < -0.39 is 0 Å². The summed E-state index contributed by atoms with van der Waals surface area (Å²) in [4.78, 5) is 6.47. The van der Waals surface area contributed by atoms with Gasteiger partial charge in [0, 0.05) is 31.5 Å². The molecule has 0 amide bonds. The number of nitrogens with zero attached hydrogens (tertiary/aromatic N) is 2. The molecule has 0 radical (unpaired) electrons. The topological polar surface area (TPSA) is 54.8 Å². The Morgan fingerprint density at radius 3 is 2.70 bits per heavy atom. The molecule has 2 heterocycles. The first-order chi connectivity index (χ1) is 14.6. The number of rotatable bonds is 7. The van der Waals surface area contributed by atoms with Gasteiger partial charge in [-0.1, -0.05) is 35.3 Å². The summed E-state index contributed by atoms with van der Waals surface area (Å²) >= 11 is 12.4. The molecule has 0 bridgehead atoms. The highest BCUT2D eigenvalue weighted by atomic mass is 35.5. The predicted molar refractivity (Wildman–Crippen MR) is 119 cm³/mol. The van der Waals surface area contributed by atoms with Crippen molar-refractivity contribution in [2.75, 3.05) is 24.6 Å². The van der Waals surface area contributed by atoms with E-state index in [9.17, 15) is 5.11 Å². The predicted octanol–water partition coefficient (Wildman–Crippen LogP) is 5.37. The number of aliphatic hydroxyl groups excluding tert-OH is 1. The molecule has 4 rings (SSSR count). The minimum Gasteiger partial charge on any atom is -0.471 e. The fraction of sp³-hybridized carbons (Fsp3) is 0.261. The van der Waals surface area contributed by atoms with E-state index in [1.807, 2.05) is 36.4 Å². The molecule has 0 aliphatic carbocycles. The molecule has 1 aliphatic heterocycles. The van der Waals surface area contributed by atoms with Crippen LogP contribution in [0.25, 0.3) is 0 Å². The van der Waals surface area contributed by atoms with E-state index in [1.54, 1.807) is 24.4 Å². The van der Waals surface area contributed by atoms with Crippen molar-refractivity contribution in [3.05, 3.63) is 76.4 Å². The van der Waals surface area contributed by atoms with Gasteiger partial charge in [-0.2, -0.15) is 0 Å². The number of ether oxygens (including phenoxy) is 2. The maximum absolute atomic E-state index is 9.56. The largest absolute Gasteiger partial charge is 0.471 e. The fourth-order valence-electron chi connectivity index (χ4n) is 3.57. The van der Waals surface area contributed by atoms with Gasteiger partial charge in [0.05, 0.1) is 11.6 Å². The number of benzene rings is 2. The molecule has 30 heavy (non-hydrogen) atoms. The van der Waals surface area contributed by atoms with E-state index >= 15 is 0 Å². The number of pyridine rings is 1. The van der Waals surface area contributed by atoms with Gasteiger partial charge in [0.2, 0.25) is 5.88 Å². The Labute approximate surface area is 185 Å². The number of para-hydroxylation sites is 1. The van der Waals surface area contributed by atoms with Gasteiger partial charge in [-0.25, -0.2) is 4.98 Å². The molecule has 1 aliphatic rings. The van der Waals surface area contributed by atoms with Gasteiger partial charge < -0.3 is 19.5 Å². The summed E-state index contributed by atoms with van der Waals surface area (Å²) in [5.41, 5.74) is 2.08. The van der Waals surface area contributed by atoms with Crippen molar-refractivity contribution < 1.29 is 14.6 Å². The summed E-state index contributed by atoms with van der Waals surface area (Å²) < 4.78 is 11.9. The molecular formula is C23H22Cl2N2O3. The highest BCUT2D eigenvalue weighted by molar-refractivity contribution is 6.32. The van der Waals surface area contributed by atoms with Gasteiger partial charge >= 0.3 is 0 Å². The van der Waals surface area contributed by atoms with Gasteiger partial charge in [0.1, 0.15) is 22.6 Å². The quantitative estimate of drug-likeness (QED) is 0.530. The van der Waals surface area contributed by atoms with Crippen LogP contribution < -0.4 is 14.4 Å². The van der Waals surface area contributed by atoms with Crippen LogP contribution in [0.3, 0.4) is 0 Å². The summed E-state index contributed by atoms with van der Waals surface area (Å²) in [5.74, 6) is 1.75. The fourth-order valence-corrected chi connectivity index (χ4v) is 3.91. The first kappa shape index (κ1) is 20.8. The molecule has 1 fully saturated rings. The van der Waals surface area contributed by atoms with E-state index in [1.165, 1.54) is 0 Å². The Hall–Kier alpha value is -2.47. The molecule has 0 spiro atoms. The molecule has 1 N–H and O–H groups in total. The molecule has 0 unspecified atom stereocenters. The zero-order valence-electron chi connectivity index (χ0n) is 16.3. The first-order valence-corrected chi connectivity index (χ1v) is 10.6. The van der Waals surface area contributed by atoms with Gasteiger partial charge in [0.15, 0.2) is 0 Å². The monoisotopic (exact) mass is 444 g/mol. The van der Waals surface area contributed by atoms with E-state index in [4.69, 9.17) is 32.7 Å². The Bertz CT molecular complexity index is 1020. The van der Waals surface area contributed by atoms with Crippen molar-refractivity contribution in [3.8, 4) is 17.4 Å². The lowest BCUT2D eigenvalue weighted by molar-refractivity contribution is 0.216. The number of aromatic nitrogens is 1. The van der Waals surface area contributed by atoms with Crippen molar-refractivity contribution in [1.82, 2.24) is 4.98 Å². The van der Waals surface area contributed by atoms with Crippen LogP contribution in [0.5, 0.6) is 17.4 Å². The second-order valence-corrected chi connectivity index (χ2v) is 7.88. The lowest BCUT2D eigenvalue weighted by Crippen LogP contribution is -2.25. The van der Waals surface area contributed by atoms with Crippen LogP contribution in [0.15, 0.2) is 60.8 Å². The number of hydrogen-bond donors (Lipinski definition) is 1. The van der Waals surface area contributed by atoms with Crippen LogP contribution in [-0.4, -0.2) is 35.9 Å². The van der Waals surface area contributed by atoms with E-state index in [2.05, 4.69) is 9.88 Å². The molecule has 2 aromatic carbocycles.